The molecular weight excluding hydrogens is 510 g/mol. The van der Waals surface area contributed by atoms with Gasteiger partial charge in [-0.1, -0.05) is 32.1 Å². The molecule has 1 aliphatic rings. The second kappa shape index (κ2) is 13.5. The highest BCUT2D eigenvalue weighted by Crippen LogP contribution is 2.26. The van der Waals surface area contributed by atoms with Crippen molar-refractivity contribution in [2.24, 2.45) is 0 Å². The first kappa shape index (κ1) is 30.5. The van der Waals surface area contributed by atoms with Crippen LogP contribution in [0.25, 0.3) is 16.7 Å². The van der Waals surface area contributed by atoms with Crippen LogP contribution in [0.1, 0.15) is 39.3 Å². The first-order chi connectivity index (χ1) is 19.5. The number of nitrogens with one attached hydrogen (secondary N) is 1. The lowest BCUT2D eigenvalue weighted by atomic mass is 9.94. The molecule has 0 aliphatic carbocycles. The van der Waals surface area contributed by atoms with Crippen molar-refractivity contribution in [1.82, 2.24) is 24.3 Å². The largest absolute Gasteiger partial charge is 0.386 e. The van der Waals surface area contributed by atoms with Crippen LogP contribution in [0.15, 0.2) is 66.9 Å². The maximum Gasteiger partial charge on any atom is 0.229 e. The molecule has 0 amide bonds. The van der Waals surface area contributed by atoms with Crippen LogP contribution in [0.4, 0.5) is 17.3 Å². The van der Waals surface area contributed by atoms with Gasteiger partial charge < -0.3 is 20.2 Å². The van der Waals surface area contributed by atoms with E-state index in [0.717, 1.165) is 85.8 Å². The highest BCUT2D eigenvalue weighted by molar-refractivity contribution is 5.83. The van der Waals surface area contributed by atoms with Gasteiger partial charge in [-0.05, 0) is 83.3 Å². The first-order valence-electron chi connectivity index (χ1n) is 14.7. The monoisotopic (exact) mass is 557 g/mol. The predicted molar refractivity (Wildman–Crippen MR) is 173 cm³/mol. The summed E-state index contributed by atoms with van der Waals surface area (Å²) in [5.41, 5.74) is 4.99. The van der Waals surface area contributed by atoms with Gasteiger partial charge in [0.15, 0.2) is 0 Å². The Morgan fingerprint density at radius 3 is 2.49 bits per heavy atom. The number of anilines is 3. The van der Waals surface area contributed by atoms with E-state index in [0.29, 0.717) is 5.95 Å². The van der Waals surface area contributed by atoms with Crippen LogP contribution in [0.5, 0.6) is 0 Å². The Morgan fingerprint density at radius 2 is 1.85 bits per heavy atom. The van der Waals surface area contributed by atoms with Crippen LogP contribution in [0, 0.1) is 6.92 Å². The molecule has 41 heavy (non-hydrogen) atoms. The molecule has 0 spiro atoms. The summed E-state index contributed by atoms with van der Waals surface area (Å²) in [7, 11) is 4.26. The van der Waals surface area contributed by atoms with Crippen molar-refractivity contribution in [3.8, 4) is 0 Å². The van der Waals surface area contributed by atoms with Gasteiger partial charge in [-0.2, -0.15) is 4.98 Å². The van der Waals surface area contributed by atoms with E-state index in [2.05, 4.69) is 82.9 Å². The Labute approximate surface area is 245 Å². The number of hydrogen-bond acceptors (Lipinski definition) is 7. The Morgan fingerprint density at radius 1 is 1.15 bits per heavy atom. The highest BCUT2D eigenvalue weighted by Gasteiger charge is 2.18. The molecule has 1 fully saturated rings. The number of allylic oxidation sites excluding steroid dienone is 4. The summed E-state index contributed by atoms with van der Waals surface area (Å²) in [5, 5.41) is 14.8. The molecule has 0 unspecified atom stereocenters. The fourth-order valence-electron chi connectivity index (χ4n) is 5.21. The molecule has 0 radical (unpaired) electrons. The summed E-state index contributed by atoms with van der Waals surface area (Å²) in [6.45, 7) is 18.6. The van der Waals surface area contributed by atoms with Crippen molar-refractivity contribution in [2.45, 2.75) is 46.1 Å². The Balaban J connectivity index is 1.43. The molecule has 8 nitrogen and oxygen atoms in total. The zero-order valence-corrected chi connectivity index (χ0v) is 25.7. The average Bonchev–Trinajstić information content (AvgIpc) is 3.26. The minimum Gasteiger partial charge on any atom is -0.386 e. The molecule has 0 bridgehead atoms. The van der Waals surface area contributed by atoms with E-state index in [9.17, 15) is 5.11 Å². The number of benzene rings is 1. The minimum absolute atomic E-state index is 0.544. The van der Waals surface area contributed by atoms with Crippen LogP contribution in [-0.2, 0) is 0 Å². The van der Waals surface area contributed by atoms with Gasteiger partial charge in [0.05, 0.1) is 5.60 Å². The zero-order chi connectivity index (χ0) is 29.6. The lowest BCUT2D eigenvalue weighted by Crippen LogP contribution is -2.48. The standard InChI is InChI=1S/C33H47N7O/c1-8-10-28(33(4,5)41)12-9-11-25(2)40-26(3)23-27-24-34-32(36-31(27)40)35-29-13-15-30(16-14-29)39-21-19-38(20-22-39)18-17-37(6)7/h9,11-16,23-24,41H,2,8,10,17-22H2,1,3-7H3,(H,34,35,36)/b11-9-,28-12+. The number of nitrogens with zero attached hydrogens (tertiary/aromatic N) is 6. The Bertz CT molecular complexity index is 1370. The number of hydrogen-bond donors (Lipinski definition) is 2. The predicted octanol–water partition coefficient (Wildman–Crippen LogP) is 5.69. The fourth-order valence-corrected chi connectivity index (χ4v) is 5.21. The zero-order valence-electron chi connectivity index (χ0n) is 25.7. The topological polar surface area (TPSA) is 72.7 Å². The third kappa shape index (κ3) is 8.06. The van der Waals surface area contributed by atoms with E-state index in [-0.39, 0.29) is 0 Å². The van der Waals surface area contributed by atoms with Crippen LogP contribution in [0.3, 0.4) is 0 Å². The second-order valence-electron chi connectivity index (χ2n) is 11.7. The first-order valence-corrected chi connectivity index (χ1v) is 14.7. The third-order valence-electron chi connectivity index (χ3n) is 7.63. The van der Waals surface area contributed by atoms with Gasteiger partial charge in [0.1, 0.15) is 5.65 Å². The van der Waals surface area contributed by atoms with E-state index >= 15 is 0 Å². The lowest BCUT2D eigenvalue weighted by molar-refractivity contribution is 0.116. The van der Waals surface area contributed by atoms with Crippen LogP contribution in [-0.4, -0.2) is 88.4 Å². The normalized spacial score (nSPS) is 15.4. The quantitative estimate of drug-likeness (QED) is 0.277. The molecule has 1 saturated heterocycles. The Hall–Kier alpha value is -3.46. The molecule has 2 N–H and O–H groups in total. The van der Waals surface area contributed by atoms with Gasteiger partial charge in [0.25, 0.3) is 0 Å². The molecule has 4 rings (SSSR count). The van der Waals surface area contributed by atoms with Crippen molar-refractivity contribution in [3.63, 3.8) is 0 Å². The summed E-state index contributed by atoms with van der Waals surface area (Å²) in [6.07, 6.45) is 9.60. The van der Waals surface area contributed by atoms with E-state index in [1.807, 2.05) is 49.8 Å². The molecule has 1 aromatic carbocycles. The van der Waals surface area contributed by atoms with E-state index in [4.69, 9.17) is 4.98 Å². The maximum atomic E-state index is 10.5. The molecular formula is C33H47N7O. The second-order valence-corrected chi connectivity index (χ2v) is 11.7. The average molecular weight is 558 g/mol. The fraction of sp³-hybridized carbons (Fsp3) is 0.455. The van der Waals surface area contributed by atoms with Crippen LogP contribution in [0.2, 0.25) is 0 Å². The van der Waals surface area contributed by atoms with Crippen molar-refractivity contribution < 1.29 is 5.11 Å². The third-order valence-corrected chi connectivity index (χ3v) is 7.63. The number of likely N-dealkylation sites (N-methyl/N-ethyl adjacent to an activating group) is 1. The molecule has 8 heteroatoms. The summed E-state index contributed by atoms with van der Waals surface area (Å²) in [6, 6.07) is 10.6. The summed E-state index contributed by atoms with van der Waals surface area (Å²) < 4.78 is 2.04. The van der Waals surface area contributed by atoms with E-state index in [1.54, 1.807) is 0 Å². The molecule has 3 heterocycles. The van der Waals surface area contributed by atoms with Crippen molar-refractivity contribution >= 4 is 34.1 Å². The highest BCUT2D eigenvalue weighted by atomic mass is 16.3. The number of fused-ring (bicyclic) bond motifs is 1. The number of aryl methyl sites for hydroxylation is 1. The maximum absolute atomic E-state index is 10.5. The van der Waals surface area contributed by atoms with Gasteiger partial charge in [0.2, 0.25) is 5.95 Å². The molecule has 220 valence electrons. The van der Waals surface area contributed by atoms with Crippen molar-refractivity contribution in [2.75, 3.05) is 63.6 Å². The summed E-state index contributed by atoms with van der Waals surface area (Å²) in [4.78, 5) is 16.6. The van der Waals surface area contributed by atoms with E-state index in [1.165, 1.54) is 5.69 Å². The smallest absolute Gasteiger partial charge is 0.229 e. The summed E-state index contributed by atoms with van der Waals surface area (Å²) >= 11 is 0. The van der Waals surface area contributed by atoms with Gasteiger partial charge in [-0.3, -0.25) is 9.47 Å². The molecule has 0 saturated carbocycles. The van der Waals surface area contributed by atoms with Gasteiger partial charge in [-0.15, -0.1) is 0 Å². The minimum atomic E-state index is -0.843. The van der Waals surface area contributed by atoms with Crippen molar-refractivity contribution in [3.05, 3.63) is 72.6 Å². The lowest BCUT2D eigenvalue weighted by Gasteiger charge is -2.36. The van der Waals surface area contributed by atoms with E-state index < -0.39 is 5.60 Å². The van der Waals surface area contributed by atoms with Gasteiger partial charge >= 0.3 is 0 Å². The Kier molecular flexibility index (Phi) is 10.0. The van der Waals surface area contributed by atoms with Crippen LogP contribution < -0.4 is 10.2 Å². The molecule has 0 atom stereocenters. The number of rotatable bonds is 12. The summed E-state index contributed by atoms with van der Waals surface area (Å²) in [5.74, 6) is 0.544. The number of piperazine rings is 1. The van der Waals surface area contributed by atoms with Crippen LogP contribution >= 0.6 is 0 Å². The molecule has 3 aromatic rings. The van der Waals surface area contributed by atoms with Crippen molar-refractivity contribution in [1.29, 1.82) is 0 Å². The molecule has 2 aromatic heterocycles. The van der Waals surface area contributed by atoms with Gasteiger partial charge in [0, 0.05) is 73.6 Å². The molecule has 1 aliphatic heterocycles. The number of aromatic nitrogens is 3. The SMILES string of the molecule is C=C(/C=C\C=C(/CCC)C(C)(C)O)n1c(C)cc2cnc(Nc3ccc(N4CCN(CCN(C)C)CC4)cc3)nc21. The van der Waals surface area contributed by atoms with Gasteiger partial charge in [-0.25, -0.2) is 4.98 Å². The number of aliphatic hydroxyl groups is 1.